The van der Waals surface area contributed by atoms with Crippen molar-refractivity contribution in [3.05, 3.63) is 90.8 Å². The number of amides is 1. The Balaban J connectivity index is 1.50. The van der Waals surface area contributed by atoms with Crippen LogP contribution in [0, 0.1) is 5.82 Å². The van der Waals surface area contributed by atoms with Crippen molar-refractivity contribution in [2.24, 2.45) is 7.05 Å². The van der Waals surface area contributed by atoms with E-state index in [-0.39, 0.29) is 5.91 Å². The van der Waals surface area contributed by atoms with Crippen LogP contribution < -0.4 is 10.6 Å². The third-order valence-corrected chi connectivity index (χ3v) is 4.34. The Morgan fingerprint density at radius 3 is 2.38 bits per heavy atom. The van der Waals surface area contributed by atoms with Gasteiger partial charge >= 0.3 is 0 Å². The van der Waals surface area contributed by atoms with Crippen LogP contribution in [0.2, 0.25) is 0 Å². The van der Waals surface area contributed by atoms with E-state index in [9.17, 15) is 9.18 Å². The Kier molecular flexibility index (Phi) is 5.03. The summed E-state index contributed by atoms with van der Waals surface area (Å²) < 4.78 is 15.0. The molecule has 0 saturated heterocycles. The predicted octanol–water partition coefficient (Wildman–Crippen LogP) is 4.62. The average molecular weight is 387 g/mol. The number of halogens is 1. The normalized spacial score (nSPS) is 10.6. The number of hydrogen-bond donors (Lipinski definition) is 2. The zero-order chi connectivity index (χ0) is 20.2. The number of rotatable bonds is 5. The van der Waals surface area contributed by atoms with Gasteiger partial charge in [0.15, 0.2) is 0 Å². The van der Waals surface area contributed by atoms with Crippen molar-refractivity contribution in [1.82, 2.24) is 14.5 Å². The Bertz CT molecular complexity index is 1140. The van der Waals surface area contributed by atoms with Crippen LogP contribution in [0.3, 0.4) is 0 Å². The number of anilines is 3. The summed E-state index contributed by atoms with van der Waals surface area (Å²) in [6, 6.07) is 17.2. The molecule has 0 fully saturated rings. The number of carbonyl (C=O) groups excluding carboxylic acids is 1. The number of aromatic nitrogens is 3. The minimum Gasteiger partial charge on any atom is -0.346 e. The van der Waals surface area contributed by atoms with Crippen LogP contribution >= 0.6 is 0 Å². The molecule has 0 saturated carbocycles. The van der Waals surface area contributed by atoms with Gasteiger partial charge in [-0.15, -0.1) is 0 Å². The van der Waals surface area contributed by atoms with Crippen LogP contribution in [0.4, 0.5) is 21.7 Å². The highest BCUT2D eigenvalue weighted by atomic mass is 19.1. The molecule has 0 aliphatic rings. The van der Waals surface area contributed by atoms with Gasteiger partial charge in [-0.3, -0.25) is 4.79 Å². The van der Waals surface area contributed by atoms with E-state index >= 15 is 0 Å². The van der Waals surface area contributed by atoms with Gasteiger partial charge in [0.25, 0.3) is 5.91 Å². The van der Waals surface area contributed by atoms with Crippen LogP contribution in [0.15, 0.2) is 79.3 Å². The molecule has 4 aromatic rings. The van der Waals surface area contributed by atoms with E-state index in [0.29, 0.717) is 17.3 Å². The second-order valence-electron chi connectivity index (χ2n) is 6.48. The smallest absolute Gasteiger partial charge is 0.272 e. The molecule has 0 aliphatic carbocycles. The molecule has 2 aromatic carbocycles. The van der Waals surface area contributed by atoms with E-state index in [1.54, 1.807) is 42.2 Å². The maximum Gasteiger partial charge on any atom is 0.272 e. The topological polar surface area (TPSA) is 71.8 Å². The van der Waals surface area contributed by atoms with Crippen molar-refractivity contribution in [3.8, 4) is 11.1 Å². The number of carbonyl (C=O) groups is 1. The molecule has 2 N–H and O–H groups in total. The number of para-hydroxylation sites is 1. The summed E-state index contributed by atoms with van der Waals surface area (Å²) >= 11 is 0. The Morgan fingerprint density at radius 1 is 0.931 bits per heavy atom. The molecule has 29 heavy (non-hydrogen) atoms. The van der Waals surface area contributed by atoms with Crippen LogP contribution in [0.1, 0.15) is 10.5 Å². The molecule has 6 nitrogen and oxygen atoms in total. The highest BCUT2D eigenvalue weighted by molar-refractivity contribution is 6.04. The van der Waals surface area contributed by atoms with Gasteiger partial charge in [0, 0.05) is 48.1 Å². The lowest BCUT2D eigenvalue weighted by Gasteiger charge is -2.05. The van der Waals surface area contributed by atoms with Crippen LogP contribution in [0.5, 0.6) is 0 Å². The van der Waals surface area contributed by atoms with Crippen molar-refractivity contribution < 1.29 is 9.18 Å². The summed E-state index contributed by atoms with van der Waals surface area (Å²) in [5, 5.41) is 5.83. The molecule has 7 heteroatoms. The third-order valence-electron chi connectivity index (χ3n) is 4.34. The summed E-state index contributed by atoms with van der Waals surface area (Å²) in [6.07, 6.45) is 5.22. The molecular formula is C22H18FN5O. The Labute approximate surface area is 167 Å². The van der Waals surface area contributed by atoms with Gasteiger partial charge in [0.1, 0.15) is 11.5 Å². The van der Waals surface area contributed by atoms with Gasteiger partial charge in [-0.1, -0.05) is 24.3 Å². The van der Waals surface area contributed by atoms with Gasteiger partial charge in [0.2, 0.25) is 5.95 Å². The monoisotopic (exact) mass is 387 g/mol. The van der Waals surface area contributed by atoms with Crippen LogP contribution in [0.25, 0.3) is 11.1 Å². The molecule has 0 spiro atoms. The Morgan fingerprint density at radius 2 is 1.66 bits per heavy atom. The molecule has 0 bridgehead atoms. The summed E-state index contributed by atoms with van der Waals surface area (Å²) in [4.78, 5) is 21.2. The SMILES string of the molecule is Cn1cc(-c2cnc(Nc3ccccc3)nc2)cc1C(=O)Nc1cccc(F)c1. The lowest BCUT2D eigenvalue weighted by molar-refractivity contribution is 0.101. The van der Waals surface area contributed by atoms with Gasteiger partial charge in [-0.25, -0.2) is 14.4 Å². The maximum absolute atomic E-state index is 13.3. The van der Waals surface area contributed by atoms with E-state index in [2.05, 4.69) is 20.6 Å². The maximum atomic E-state index is 13.3. The molecule has 0 radical (unpaired) electrons. The highest BCUT2D eigenvalue weighted by Crippen LogP contribution is 2.22. The first kappa shape index (κ1) is 18.4. The number of benzene rings is 2. The van der Waals surface area contributed by atoms with E-state index < -0.39 is 5.82 Å². The number of nitrogens with one attached hydrogen (secondary N) is 2. The first-order chi connectivity index (χ1) is 14.1. The van der Waals surface area contributed by atoms with Crippen molar-refractivity contribution in [3.63, 3.8) is 0 Å². The summed E-state index contributed by atoms with van der Waals surface area (Å²) in [6.45, 7) is 0. The van der Waals surface area contributed by atoms with E-state index in [0.717, 1.165) is 16.8 Å². The van der Waals surface area contributed by atoms with Crippen molar-refractivity contribution in [1.29, 1.82) is 0 Å². The summed E-state index contributed by atoms with van der Waals surface area (Å²) in [7, 11) is 1.77. The first-order valence-electron chi connectivity index (χ1n) is 8.96. The van der Waals surface area contributed by atoms with Crippen molar-refractivity contribution in [2.45, 2.75) is 0 Å². The van der Waals surface area contributed by atoms with Gasteiger partial charge in [-0.2, -0.15) is 0 Å². The first-order valence-corrected chi connectivity index (χ1v) is 8.96. The van der Waals surface area contributed by atoms with E-state index in [1.807, 2.05) is 36.5 Å². The molecule has 2 aromatic heterocycles. The van der Waals surface area contributed by atoms with Gasteiger partial charge in [-0.05, 0) is 36.4 Å². The zero-order valence-electron chi connectivity index (χ0n) is 15.6. The molecular weight excluding hydrogens is 369 g/mol. The number of nitrogens with zero attached hydrogens (tertiary/aromatic N) is 3. The second kappa shape index (κ2) is 7.93. The zero-order valence-corrected chi connectivity index (χ0v) is 15.6. The van der Waals surface area contributed by atoms with Crippen molar-refractivity contribution in [2.75, 3.05) is 10.6 Å². The predicted molar refractivity (Wildman–Crippen MR) is 111 cm³/mol. The molecule has 0 aliphatic heterocycles. The second-order valence-corrected chi connectivity index (χ2v) is 6.48. The lowest BCUT2D eigenvalue weighted by Crippen LogP contribution is -2.15. The highest BCUT2D eigenvalue weighted by Gasteiger charge is 2.14. The van der Waals surface area contributed by atoms with Crippen molar-refractivity contribution >= 4 is 23.2 Å². The van der Waals surface area contributed by atoms with Crippen LogP contribution in [-0.4, -0.2) is 20.4 Å². The molecule has 2 heterocycles. The third kappa shape index (κ3) is 4.30. The standard InChI is InChI=1S/C22H18FN5O/c1-28-14-15(10-20(28)21(29)26-19-9-5-6-17(23)11-19)16-12-24-22(25-13-16)27-18-7-3-2-4-8-18/h2-14H,1H3,(H,26,29)(H,24,25,27). The number of aryl methyl sites for hydroxylation is 1. The Hall–Kier alpha value is -4.00. The van der Waals surface area contributed by atoms with E-state index in [1.165, 1.54) is 12.1 Å². The van der Waals surface area contributed by atoms with Gasteiger partial charge in [0.05, 0.1) is 0 Å². The fraction of sp³-hybridized carbons (Fsp3) is 0.0455. The minimum absolute atomic E-state index is 0.326. The van der Waals surface area contributed by atoms with Crippen LogP contribution in [-0.2, 0) is 7.05 Å². The fourth-order valence-corrected chi connectivity index (χ4v) is 2.90. The molecule has 0 atom stereocenters. The molecule has 144 valence electrons. The quantitative estimate of drug-likeness (QED) is 0.524. The lowest BCUT2D eigenvalue weighted by atomic mass is 10.2. The average Bonchev–Trinajstić information content (AvgIpc) is 3.11. The van der Waals surface area contributed by atoms with Gasteiger partial charge < -0.3 is 15.2 Å². The molecule has 4 rings (SSSR count). The summed E-state index contributed by atoms with van der Waals surface area (Å²) in [5.41, 5.74) is 3.33. The van der Waals surface area contributed by atoms with E-state index in [4.69, 9.17) is 0 Å². The largest absolute Gasteiger partial charge is 0.346 e. The number of hydrogen-bond acceptors (Lipinski definition) is 4. The summed E-state index contributed by atoms with van der Waals surface area (Å²) in [5.74, 6) is -0.246. The minimum atomic E-state index is -0.406. The molecule has 1 amide bonds. The molecule has 0 unspecified atom stereocenters. The fourth-order valence-electron chi connectivity index (χ4n) is 2.90.